The van der Waals surface area contributed by atoms with Crippen molar-refractivity contribution >= 4 is 23.1 Å². The molecule has 2 aromatic rings. The maximum absolute atomic E-state index is 12.6. The van der Waals surface area contributed by atoms with Crippen molar-refractivity contribution in [1.82, 2.24) is 0 Å². The Morgan fingerprint density at radius 2 is 1.78 bits per heavy atom. The summed E-state index contributed by atoms with van der Waals surface area (Å²) in [4.78, 5) is 36.7. The molecule has 1 aliphatic carbocycles. The van der Waals surface area contributed by atoms with E-state index in [4.69, 9.17) is 19.4 Å². The van der Waals surface area contributed by atoms with E-state index in [0.29, 0.717) is 16.7 Å². The highest BCUT2D eigenvalue weighted by atomic mass is 16.5. The largest absolute Gasteiger partial charge is 0.465 e. The Morgan fingerprint density at radius 1 is 1.11 bits per heavy atom. The van der Waals surface area contributed by atoms with Crippen molar-refractivity contribution in [2.45, 2.75) is 6.42 Å². The summed E-state index contributed by atoms with van der Waals surface area (Å²) in [6, 6.07) is 8.26. The van der Waals surface area contributed by atoms with Gasteiger partial charge < -0.3 is 19.4 Å². The van der Waals surface area contributed by atoms with Gasteiger partial charge in [-0.15, -0.1) is 0 Å². The van der Waals surface area contributed by atoms with Crippen molar-refractivity contribution in [2.75, 3.05) is 19.8 Å². The monoisotopic (exact) mass is 370 g/mol. The van der Waals surface area contributed by atoms with Crippen LogP contribution in [0.25, 0.3) is 5.57 Å². The zero-order valence-electron chi connectivity index (χ0n) is 14.4. The third-order valence-electron chi connectivity index (χ3n) is 4.32. The fourth-order valence-electron chi connectivity index (χ4n) is 2.78. The molecule has 140 valence electrons. The van der Waals surface area contributed by atoms with E-state index in [1.807, 2.05) is 0 Å². The van der Waals surface area contributed by atoms with Crippen molar-refractivity contribution in [2.24, 2.45) is 5.92 Å². The first-order valence-electron chi connectivity index (χ1n) is 8.34. The molecule has 3 rings (SSSR count). The van der Waals surface area contributed by atoms with E-state index in [1.54, 1.807) is 24.3 Å². The summed E-state index contributed by atoms with van der Waals surface area (Å²) in [6.07, 6.45) is -0.580. The van der Waals surface area contributed by atoms with Gasteiger partial charge in [0.15, 0.2) is 11.5 Å². The molecule has 1 heterocycles. The predicted molar refractivity (Wildman–Crippen MR) is 94.3 cm³/mol. The van der Waals surface area contributed by atoms with Crippen molar-refractivity contribution in [3.8, 4) is 0 Å². The topological polar surface area (TPSA) is 114 Å². The van der Waals surface area contributed by atoms with Crippen LogP contribution in [0.2, 0.25) is 0 Å². The van der Waals surface area contributed by atoms with Crippen LogP contribution in [0.15, 0.2) is 41.3 Å². The predicted octanol–water partition coefficient (Wildman–Crippen LogP) is 1.60. The molecule has 0 bridgehead atoms. The quantitative estimate of drug-likeness (QED) is 0.369. The van der Waals surface area contributed by atoms with Crippen LogP contribution in [-0.4, -0.2) is 47.6 Å². The smallest absolute Gasteiger partial charge is 0.313 e. The van der Waals surface area contributed by atoms with Crippen LogP contribution in [0.5, 0.6) is 0 Å². The molecule has 0 saturated heterocycles. The molecule has 0 amide bonds. The molecule has 0 fully saturated rings. The summed E-state index contributed by atoms with van der Waals surface area (Å²) in [7, 11) is 0. The van der Waals surface area contributed by atoms with Gasteiger partial charge in [0.2, 0.25) is 5.78 Å². The molecule has 1 aromatic carbocycles. The lowest BCUT2D eigenvalue weighted by atomic mass is 9.86. The third kappa shape index (κ3) is 3.60. The number of hydrogen-bond acceptors (Lipinski definition) is 7. The SMILES string of the molecule is C=C1c2ccccc2C(=O)c2cc(C(=O)CC(=O)OCC(CO)CO)oc21. The van der Waals surface area contributed by atoms with Crippen LogP contribution in [0.1, 0.15) is 44.2 Å². The molecular weight excluding hydrogens is 352 g/mol. The average molecular weight is 370 g/mol. The van der Waals surface area contributed by atoms with Gasteiger partial charge in [0.05, 0.1) is 25.4 Å². The van der Waals surface area contributed by atoms with E-state index in [9.17, 15) is 14.4 Å². The average Bonchev–Trinajstić information content (AvgIpc) is 3.13. The third-order valence-corrected chi connectivity index (χ3v) is 4.32. The van der Waals surface area contributed by atoms with Gasteiger partial charge in [-0.1, -0.05) is 30.8 Å². The van der Waals surface area contributed by atoms with Gasteiger partial charge in [-0.05, 0) is 11.6 Å². The van der Waals surface area contributed by atoms with Gasteiger partial charge in [0.1, 0.15) is 12.2 Å². The van der Waals surface area contributed by atoms with Crippen LogP contribution in [-0.2, 0) is 9.53 Å². The normalized spacial score (nSPS) is 12.7. The highest BCUT2D eigenvalue weighted by Gasteiger charge is 2.31. The van der Waals surface area contributed by atoms with Crippen LogP contribution in [0.3, 0.4) is 0 Å². The number of hydrogen-bond donors (Lipinski definition) is 2. The van der Waals surface area contributed by atoms with Crippen LogP contribution < -0.4 is 0 Å². The van der Waals surface area contributed by atoms with Gasteiger partial charge in [-0.25, -0.2) is 0 Å². The summed E-state index contributed by atoms with van der Waals surface area (Å²) in [5.74, 6) is -2.22. The van der Waals surface area contributed by atoms with E-state index >= 15 is 0 Å². The number of Topliss-reactive ketones (excluding diaryl/α,β-unsaturated/α-hetero) is 1. The molecule has 0 spiro atoms. The fourth-order valence-corrected chi connectivity index (χ4v) is 2.78. The van der Waals surface area contributed by atoms with Gasteiger partial charge in [0.25, 0.3) is 0 Å². The van der Waals surface area contributed by atoms with E-state index in [-0.39, 0.29) is 42.7 Å². The van der Waals surface area contributed by atoms with Gasteiger partial charge in [-0.2, -0.15) is 0 Å². The van der Waals surface area contributed by atoms with Crippen LogP contribution >= 0.6 is 0 Å². The first-order valence-corrected chi connectivity index (χ1v) is 8.34. The molecule has 1 aromatic heterocycles. The molecule has 7 nitrogen and oxygen atoms in total. The molecule has 0 unspecified atom stereocenters. The second-order valence-corrected chi connectivity index (χ2v) is 6.22. The van der Waals surface area contributed by atoms with Gasteiger partial charge >= 0.3 is 5.97 Å². The molecule has 0 aliphatic heterocycles. The van der Waals surface area contributed by atoms with Gasteiger partial charge in [-0.3, -0.25) is 14.4 Å². The lowest BCUT2D eigenvalue weighted by Gasteiger charge is -2.15. The summed E-state index contributed by atoms with van der Waals surface area (Å²) in [5.41, 5.74) is 1.85. The summed E-state index contributed by atoms with van der Waals surface area (Å²) >= 11 is 0. The number of esters is 1. The molecule has 2 N–H and O–H groups in total. The fraction of sp³-hybridized carbons (Fsp3) is 0.250. The van der Waals surface area contributed by atoms with Crippen molar-refractivity contribution < 1.29 is 33.8 Å². The lowest BCUT2D eigenvalue weighted by molar-refractivity contribution is -0.144. The number of rotatable bonds is 7. The molecule has 1 aliphatic rings. The van der Waals surface area contributed by atoms with Gasteiger partial charge in [0, 0.05) is 17.1 Å². The summed E-state index contributed by atoms with van der Waals surface area (Å²) < 4.78 is 10.4. The zero-order valence-corrected chi connectivity index (χ0v) is 14.4. The number of aliphatic hydroxyl groups excluding tert-OH is 2. The Morgan fingerprint density at radius 3 is 2.44 bits per heavy atom. The van der Waals surface area contributed by atoms with E-state index in [1.165, 1.54) is 6.07 Å². The first kappa shape index (κ1) is 18.8. The number of carbonyl (C=O) groups excluding carboxylic acids is 3. The van der Waals surface area contributed by atoms with E-state index < -0.39 is 24.1 Å². The lowest BCUT2D eigenvalue weighted by Crippen LogP contribution is -2.21. The number of fused-ring (bicyclic) bond motifs is 2. The van der Waals surface area contributed by atoms with Crippen molar-refractivity contribution in [3.63, 3.8) is 0 Å². The number of ketones is 2. The molecule has 0 atom stereocenters. The summed E-state index contributed by atoms with van der Waals surface area (Å²) in [5, 5.41) is 17.9. The molecular formula is C20H18O7. The van der Waals surface area contributed by atoms with Crippen LogP contribution in [0.4, 0.5) is 0 Å². The number of aliphatic hydroxyl groups is 2. The Kier molecular flexibility index (Phi) is 5.34. The number of furan rings is 1. The Hall–Kier alpha value is -3.03. The number of ether oxygens (including phenoxy) is 1. The number of benzene rings is 1. The Bertz CT molecular complexity index is 866. The Labute approximate surface area is 154 Å². The van der Waals surface area contributed by atoms with E-state index in [2.05, 4.69) is 6.58 Å². The minimum absolute atomic E-state index is 0.125. The Balaban J connectivity index is 1.74. The molecule has 0 radical (unpaired) electrons. The standard InChI is InChI=1S/C20H18O7/c1-11-13-4-2-3-5-14(13)19(25)15-6-17(27-20(11)15)16(23)7-18(24)26-10-12(8-21)9-22/h2-6,12,21-22H,1,7-10H2. The maximum atomic E-state index is 12.6. The second kappa shape index (κ2) is 7.69. The number of carbonyl (C=O) groups is 3. The minimum Gasteiger partial charge on any atom is -0.465 e. The zero-order chi connectivity index (χ0) is 19.6. The summed E-state index contributed by atoms with van der Waals surface area (Å²) in [6.45, 7) is 3.06. The molecule has 0 saturated carbocycles. The maximum Gasteiger partial charge on any atom is 0.313 e. The van der Waals surface area contributed by atoms with Crippen molar-refractivity contribution in [1.29, 1.82) is 0 Å². The highest BCUT2D eigenvalue weighted by molar-refractivity contribution is 6.19. The van der Waals surface area contributed by atoms with Crippen molar-refractivity contribution in [3.05, 3.63) is 65.1 Å². The minimum atomic E-state index is -0.810. The van der Waals surface area contributed by atoms with E-state index in [0.717, 1.165) is 0 Å². The molecule has 7 heteroatoms. The second-order valence-electron chi connectivity index (χ2n) is 6.22. The molecule has 27 heavy (non-hydrogen) atoms. The van der Waals surface area contributed by atoms with Crippen LogP contribution in [0, 0.1) is 5.92 Å². The highest BCUT2D eigenvalue weighted by Crippen LogP contribution is 2.36. The first-order chi connectivity index (χ1) is 13.0.